The molecule has 0 atom stereocenters. The number of pyridine rings is 1. The molecule has 2 N–H and O–H groups in total. The molecule has 144 valence electrons. The maximum atomic E-state index is 12.2. The van der Waals surface area contributed by atoms with Gasteiger partial charge in [0.2, 0.25) is 5.91 Å². The minimum atomic E-state index is -0.383. The van der Waals surface area contributed by atoms with E-state index in [2.05, 4.69) is 20.6 Å². The van der Waals surface area contributed by atoms with E-state index in [4.69, 9.17) is 4.74 Å². The zero-order chi connectivity index (χ0) is 19.9. The van der Waals surface area contributed by atoms with Crippen LogP contribution in [0.25, 0.3) is 0 Å². The predicted octanol–water partition coefficient (Wildman–Crippen LogP) is 3.95. The number of hydrogen-bond donors (Lipinski definition) is 2. The molecule has 0 saturated heterocycles. The normalized spacial score (nSPS) is 10.4. The summed E-state index contributed by atoms with van der Waals surface area (Å²) in [7, 11) is 0. The third-order valence-corrected chi connectivity index (χ3v) is 4.53. The summed E-state index contributed by atoms with van der Waals surface area (Å²) in [5.41, 5.74) is 2.82. The van der Waals surface area contributed by atoms with Gasteiger partial charge >= 0.3 is 5.97 Å². The Kier molecular flexibility index (Phi) is 6.33. The van der Waals surface area contributed by atoms with Crippen LogP contribution in [0, 0.1) is 6.92 Å². The lowest BCUT2D eigenvalue weighted by Gasteiger charge is -2.06. The summed E-state index contributed by atoms with van der Waals surface area (Å²) in [4.78, 5) is 32.5. The third-order valence-electron chi connectivity index (χ3n) is 3.72. The van der Waals surface area contributed by atoms with Crippen LogP contribution in [0.5, 0.6) is 0 Å². The van der Waals surface area contributed by atoms with Gasteiger partial charge in [-0.1, -0.05) is 0 Å². The molecule has 1 amide bonds. The van der Waals surface area contributed by atoms with Gasteiger partial charge in [0.25, 0.3) is 0 Å². The summed E-state index contributed by atoms with van der Waals surface area (Å²) in [6, 6.07) is 10.4. The molecule has 0 aliphatic carbocycles. The van der Waals surface area contributed by atoms with Crippen molar-refractivity contribution in [2.24, 2.45) is 0 Å². The topological polar surface area (TPSA) is 93.2 Å². The van der Waals surface area contributed by atoms with Crippen LogP contribution in [0.1, 0.15) is 28.5 Å². The Bertz CT molecular complexity index is 970. The van der Waals surface area contributed by atoms with Crippen molar-refractivity contribution < 1.29 is 14.3 Å². The van der Waals surface area contributed by atoms with Crippen LogP contribution in [0.15, 0.2) is 48.0 Å². The number of hydrogen-bond acceptors (Lipinski definition) is 7. The van der Waals surface area contributed by atoms with Gasteiger partial charge in [-0.05, 0) is 55.8 Å². The van der Waals surface area contributed by atoms with Crippen LogP contribution < -0.4 is 10.6 Å². The second kappa shape index (κ2) is 9.09. The second-order valence-electron chi connectivity index (χ2n) is 6.01. The minimum absolute atomic E-state index is 0.152. The monoisotopic (exact) mass is 396 g/mol. The quantitative estimate of drug-likeness (QED) is 0.588. The number of nitrogens with zero attached hydrogens (tertiary/aromatic N) is 2. The smallest absolute Gasteiger partial charge is 0.338 e. The molecular formula is C20H20N4O3S. The number of thiazole rings is 1. The van der Waals surface area contributed by atoms with E-state index in [9.17, 15) is 9.59 Å². The summed E-state index contributed by atoms with van der Waals surface area (Å²) in [6.07, 6.45) is 1.88. The summed E-state index contributed by atoms with van der Waals surface area (Å²) in [6.45, 7) is 4.06. The van der Waals surface area contributed by atoms with Crippen molar-refractivity contribution in [3.63, 3.8) is 0 Å². The van der Waals surface area contributed by atoms with E-state index >= 15 is 0 Å². The fourth-order valence-corrected chi connectivity index (χ4v) is 3.15. The van der Waals surface area contributed by atoms with Gasteiger partial charge in [-0.3, -0.25) is 4.79 Å². The number of carbonyl (C=O) groups is 2. The molecule has 28 heavy (non-hydrogen) atoms. The lowest BCUT2D eigenvalue weighted by molar-refractivity contribution is -0.115. The number of carbonyl (C=O) groups excluding carboxylic acids is 2. The van der Waals surface area contributed by atoms with Crippen LogP contribution in [0.2, 0.25) is 0 Å². The van der Waals surface area contributed by atoms with Crippen molar-refractivity contribution in [3.8, 4) is 0 Å². The highest BCUT2D eigenvalue weighted by atomic mass is 32.1. The Labute approximate surface area is 166 Å². The number of aromatic nitrogens is 2. The molecule has 0 spiro atoms. The van der Waals surface area contributed by atoms with E-state index in [1.807, 2.05) is 24.4 Å². The molecule has 0 radical (unpaired) electrons. The summed E-state index contributed by atoms with van der Waals surface area (Å²) in [5, 5.41) is 8.45. The highest BCUT2D eigenvalue weighted by Crippen LogP contribution is 2.20. The average molecular weight is 396 g/mol. The fraction of sp³-hybridized carbons (Fsp3) is 0.200. The van der Waals surface area contributed by atoms with Crippen molar-refractivity contribution >= 4 is 39.9 Å². The van der Waals surface area contributed by atoms with Crippen molar-refractivity contribution in [1.82, 2.24) is 9.97 Å². The number of benzene rings is 1. The van der Waals surface area contributed by atoms with Crippen LogP contribution in [0.3, 0.4) is 0 Å². The largest absolute Gasteiger partial charge is 0.462 e. The standard InChI is InChI=1S/C20H20N4O3S/c1-3-27-19(26)14-4-6-15(7-5-14)22-18(25)11-16-12-28-20(23-16)24-17-10-13(2)8-9-21-17/h4-10,12H,3,11H2,1-2H3,(H,22,25)(H,21,23,24). The van der Waals surface area contributed by atoms with Gasteiger partial charge in [0.15, 0.2) is 5.13 Å². The van der Waals surface area contributed by atoms with Crippen LogP contribution in [-0.4, -0.2) is 28.5 Å². The van der Waals surface area contributed by atoms with E-state index in [0.717, 1.165) is 5.56 Å². The Morgan fingerprint density at radius 2 is 1.96 bits per heavy atom. The molecule has 1 aromatic carbocycles. The van der Waals surface area contributed by atoms with E-state index in [1.165, 1.54) is 11.3 Å². The average Bonchev–Trinajstić information content (AvgIpc) is 3.09. The van der Waals surface area contributed by atoms with Crippen molar-refractivity contribution in [2.75, 3.05) is 17.2 Å². The Hall–Kier alpha value is -3.26. The van der Waals surface area contributed by atoms with E-state index in [0.29, 0.717) is 34.5 Å². The third kappa shape index (κ3) is 5.37. The van der Waals surface area contributed by atoms with Gasteiger partial charge in [0.1, 0.15) is 5.82 Å². The fourth-order valence-electron chi connectivity index (χ4n) is 2.43. The molecule has 0 aliphatic heterocycles. The maximum Gasteiger partial charge on any atom is 0.338 e. The number of anilines is 3. The van der Waals surface area contributed by atoms with Gasteiger partial charge in [0, 0.05) is 17.3 Å². The summed E-state index contributed by atoms with van der Waals surface area (Å²) >= 11 is 1.41. The molecule has 0 fully saturated rings. The Morgan fingerprint density at radius 1 is 1.18 bits per heavy atom. The molecule has 8 heteroatoms. The number of ether oxygens (including phenoxy) is 1. The maximum absolute atomic E-state index is 12.2. The molecule has 2 heterocycles. The minimum Gasteiger partial charge on any atom is -0.462 e. The first-order valence-corrected chi connectivity index (χ1v) is 9.62. The van der Waals surface area contributed by atoms with E-state index in [-0.39, 0.29) is 18.3 Å². The lowest BCUT2D eigenvalue weighted by atomic mass is 10.2. The van der Waals surface area contributed by atoms with Crippen molar-refractivity contribution in [2.45, 2.75) is 20.3 Å². The van der Waals surface area contributed by atoms with Gasteiger partial charge in [-0.15, -0.1) is 11.3 Å². The first-order valence-electron chi connectivity index (χ1n) is 8.74. The van der Waals surface area contributed by atoms with Gasteiger partial charge < -0.3 is 15.4 Å². The zero-order valence-corrected chi connectivity index (χ0v) is 16.4. The molecule has 0 unspecified atom stereocenters. The molecule has 3 aromatic rings. The number of esters is 1. The SMILES string of the molecule is CCOC(=O)c1ccc(NC(=O)Cc2csc(Nc3cc(C)ccn3)n2)cc1. The Balaban J connectivity index is 1.55. The predicted molar refractivity (Wildman–Crippen MR) is 109 cm³/mol. The van der Waals surface area contributed by atoms with E-state index in [1.54, 1.807) is 37.4 Å². The summed E-state index contributed by atoms with van der Waals surface area (Å²) < 4.78 is 4.94. The van der Waals surface area contributed by atoms with Gasteiger partial charge in [-0.25, -0.2) is 14.8 Å². The number of nitrogens with one attached hydrogen (secondary N) is 2. The molecule has 3 rings (SSSR count). The second-order valence-corrected chi connectivity index (χ2v) is 6.87. The highest BCUT2D eigenvalue weighted by molar-refractivity contribution is 7.13. The molecule has 7 nitrogen and oxygen atoms in total. The van der Waals surface area contributed by atoms with Gasteiger partial charge in [0.05, 0.1) is 24.3 Å². The van der Waals surface area contributed by atoms with Crippen molar-refractivity contribution in [3.05, 3.63) is 64.8 Å². The van der Waals surface area contributed by atoms with Crippen LogP contribution >= 0.6 is 11.3 Å². The highest BCUT2D eigenvalue weighted by Gasteiger charge is 2.10. The van der Waals surface area contributed by atoms with Crippen molar-refractivity contribution in [1.29, 1.82) is 0 Å². The zero-order valence-electron chi connectivity index (χ0n) is 15.6. The summed E-state index contributed by atoms with van der Waals surface area (Å²) in [5.74, 6) is 0.146. The lowest BCUT2D eigenvalue weighted by Crippen LogP contribution is -2.14. The van der Waals surface area contributed by atoms with Gasteiger partial charge in [-0.2, -0.15) is 0 Å². The molecule has 2 aromatic heterocycles. The Morgan fingerprint density at radius 3 is 2.68 bits per heavy atom. The number of amides is 1. The van der Waals surface area contributed by atoms with E-state index < -0.39 is 0 Å². The molecular weight excluding hydrogens is 376 g/mol. The van der Waals surface area contributed by atoms with Crippen LogP contribution in [-0.2, 0) is 16.0 Å². The first-order chi connectivity index (χ1) is 13.5. The molecule has 0 aliphatic rings. The first kappa shape index (κ1) is 19.5. The number of rotatable bonds is 7. The molecule has 0 bridgehead atoms. The molecule has 0 saturated carbocycles. The number of aryl methyl sites for hydroxylation is 1. The van der Waals surface area contributed by atoms with Crippen LogP contribution in [0.4, 0.5) is 16.6 Å².